The lowest BCUT2D eigenvalue weighted by molar-refractivity contribution is -0.118. The molecule has 1 rings (SSSR count). The number of hydrogen-bond acceptors (Lipinski definition) is 5. The summed E-state index contributed by atoms with van der Waals surface area (Å²) in [5, 5.41) is 8.00. The topological polar surface area (TPSA) is 108 Å². The van der Waals surface area contributed by atoms with Gasteiger partial charge in [0.2, 0.25) is 20.9 Å². The highest BCUT2D eigenvalue weighted by atomic mass is 35.5. The molecule has 0 aliphatic carbocycles. The van der Waals surface area contributed by atoms with Gasteiger partial charge in [0.05, 0.1) is 5.75 Å². The number of primary amides is 1. The number of amides is 1. The molecule has 1 aromatic rings. The zero-order valence-corrected chi connectivity index (χ0v) is 14.5. The van der Waals surface area contributed by atoms with E-state index in [0.29, 0.717) is 17.4 Å². The second kappa shape index (κ2) is 7.73. The largest absolute Gasteiger partial charge is 0.370 e. The predicted molar refractivity (Wildman–Crippen MR) is 84.0 cm³/mol. The van der Waals surface area contributed by atoms with Gasteiger partial charge in [-0.25, -0.2) is 8.42 Å². The lowest BCUT2D eigenvalue weighted by Crippen LogP contribution is -2.19. The molecule has 0 fully saturated rings. The van der Waals surface area contributed by atoms with Crippen LogP contribution in [-0.4, -0.2) is 34.8 Å². The Morgan fingerprint density at radius 1 is 1.41 bits per heavy atom. The Hall–Kier alpha value is -1.41. The number of aryl methyl sites for hydroxylation is 1. The zero-order chi connectivity index (χ0) is 16.9. The molecule has 0 aromatic carbocycles. The average Bonchev–Trinajstić information content (AvgIpc) is 2.77. The Morgan fingerprint density at radius 3 is 2.55 bits per heavy atom. The summed E-state index contributed by atoms with van der Waals surface area (Å²) in [7, 11) is -3.64. The number of sulfone groups is 1. The van der Waals surface area contributed by atoms with Crippen molar-refractivity contribution in [2.45, 2.75) is 45.3 Å². The summed E-state index contributed by atoms with van der Waals surface area (Å²) in [4.78, 5) is 10.9. The van der Waals surface area contributed by atoms with Crippen molar-refractivity contribution < 1.29 is 13.2 Å². The summed E-state index contributed by atoms with van der Waals surface area (Å²) < 4.78 is 26.3. The van der Waals surface area contributed by atoms with Crippen molar-refractivity contribution in [1.29, 1.82) is 0 Å². The lowest BCUT2D eigenvalue weighted by atomic mass is 10.2. The molecule has 1 heterocycles. The molecule has 0 radical (unpaired) electrons. The smallest absolute Gasteiger partial charge is 0.250 e. The molecule has 7 nitrogen and oxygen atoms in total. The van der Waals surface area contributed by atoms with E-state index in [0.717, 1.165) is 0 Å². The zero-order valence-electron chi connectivity index (χ0n) is 12.9. The molecule has 0 aliphatic rings. The molecule has 22 heavy (non-hydrogen) atoms. The van der Waals surface area contributed by atoms with Gasteiger partial charge in [-0.05, 0) is 12.8 Å². The maximum atomic E-state index is 12.4. The van der Waals surface area contributed by atoms with Crippen molar-refractivity contribution >= 4 is 27.3 Å². The normalized spacial score (nSPS) is 12.9. The van der Waals surface area contributed by atoms with Crippen LogP contribution in [0.15, 0.2) is 16.3 Å². The molecule has 1 aromatic heterocycles. The maximum Gasteiger partial charge on any atom is 0.250 e. The van der Waals surface area contributed by atoms with Gasteiger partial charge in [-0.15, -0.1) is 10.2 Å². The first-order chi connectivity index (χ1) is 10.1. The van der Waals surface area contributed by atoms with Gasteiger partial charge in [-0.3, -0.25) is 4.79 Å². The Morgan fingerprint density at radius 2 is 2.05 bits per heavy atom. The molecule has 2 N–H and O–H groups in total. The number of halogens is 1. The summed E-state index contributed by atoms with van der Waals surface area (Å²) in [5.74, 6) is -0.0709. The van der Waals surface area contributed by atoms with Crippen LogP contribution in [0.1, 0.15) is 33.0 Å². The van der Waals surface area contributed by atoms with Crippen LogP contribution in [0.3, 0.4) is 0 Å². The van der Waals surface area contributed by atoms with Crippen LogP contribution in [0.2, 0.25) is 0 Å². The highest BCUT2D eigenvalue weighted by Gasteiger charge is 2.24. The lowest BCUT2D eigenvalue weighted by Gasteiger charge is -2.12. The van der Waals surface area contributed by atoms with E-state index in [1.165, 1.54) is 6.08 Å². The minimum Gasteiger partial charge on any atom is -0.370 e. The molecule has 0 spiro atoms. The highest BCUT2D eigenvalue weighted by molar-refractivity contribution is 7.91. The predicted octanol–water partition coefficient (Wildman–Crippen LogP) is 1.27. The van der Waals surface area contributed by atoms with Crippen molar-refractivity contribution in [3.63, 3.8) is 0 Å². The van der Waals surface area contributed by atoms with Crippen LogP contribution in [0.5, 0.6) is 0 Å². The average molecular weight is 349 g/mol. The summed E-state index contributed by atoms with van der Waals surface area (Å²) in [6.45, 7) is 5.96. The number of nitrogens with two attached hydrogens (primary N) is 1. The van der Waals surface area contributed by atoms with Gasteiger partial charge in [0.25, 0.3) is 0 Å². The van der Waals surface area contributed by atoms with Crippen molar-refractivity contribution in [3.05, 3.63) is 16.9 Å². The van der Waals surface area contributed by atoms with E-state index in [9.17, 15) is 13.2 Å². The van der Waals surface area contributed by atoms with Gasteiger partial charge in [0.1, 0.15) is 5.82 Å². The van der Waals surface area contributed by atoms with Crippen LogP contribution in [0, 0.1) is 5.92 Å². The van der Waals surface area contributed by atoms with E-state index in [-0.39, 0.29) is 29.7 Å². The molecule has 0 saturated heterocycles. The van der Waals surface area contributed by atoms with Gasteiger partial charge >= 0.3 is 0 Å². The van der Waals surface area contributed by atoms with Crippen LogP contribution in [0.4, 0.5) is 0 Å². The van der Waals surface area contributed by atoms with E-state index in [1.54, 1.807) is 11.5 Å². The second-order valence-corrected chi connectivity index (χ2v) is 7.97. The number of carbonyl (C=O) groups excluding carboxylic acids is 1. The number of rotatable bonds is 8. The highest BCUT2D eigenvalue weighted by Crippen LogP contribution is 2.16. The van der Waals surface area contributed by atoms with Crippen LogP contribution < -0.4 is 5.73 Å². The van der Waals surface area contributed by atoms with E-state index < -0.39 is 15.7 Å². The van der Waals surface area contributed by atoms with Gasteiger partial charge in [0.15, 0.2) is 0 Å². The molecule has 0 saturated carbocycles. The quantitative estimate of drug-likeness (QED) is 0.761. The van der Waals surface area contributed by atoms with Gasteiger partial charge in [-0.2, -0.15) is 0 Å². The SMILES string of the molecule is C/C(Cl)=C/CS(=O)(=O)c1nnc(CCC(N)=O)n1CC(C)C. The van der Waals surface area contributed by atoms with E-state index in [2.05, 4.69) is 10.2 Å². The number of carbonyl (C=O) groups is 1. The molecular formula is C13H21ClN4O3S. The second-order valence-electron chi connectivity index (χ2n) is 5.44. The fourth-order valence-electron chi connectivity index (χ4n) is 1.82. The molecule has 0 bridgehead atoms. The molecule has 0 unspecified atom stereocenters. The van der Waals surface area contributed by atoms with Crippen molar-refractivity contribution in [1.82, 2.24) is 14.8 Å². The Bertz CT molecular complexity index is 661. The first-order valence-corrected chi connectivity index (χ1v) is 8.92. The Labute approximate surface area is 135 Å². The summed E-state index contributed by atoms with van der Waals surface area (Å²) >= 11 is 5.69. The van der Waals surface area contributed by atoms with E-state index in [4.69, 9.17) is 17.3 Å². The first kappa shape index (κ1) is 18.6. The summed E-state index contributed by atoms with van der Waals surface area (Å²) in [5.41, 5.74) is 5.13. The van der Waals surface area contributed by atoms with Gasteiger partial charge in [0, 0.05) is 24.4 Å². The Balaban J connectivity index is 3.18. The van der Waals surface area contributed by atoms with Gasteiger partial charge in [-0.1, -0.05) is 31.5 Å². The molecule has 0 atom stereocenters. The third kappa shape index (κ3) is 5.42. The Kier molecular flexibility index (Phi) is 6.55. The number of allylic oxidation sites excluding steroid dienone is 1. The number of aromatic nitrogens is 3. The standard InChI is InChI=1S/C13H21ClN4O3S/c1-9(2)8-18-12(5-4-11(15)19)16-17-13(18)22(20,21)7-6-10(3)14/h6,9H,4-5,7-8H2,1-3H3,(H2,15,19)/b10-6-. The molecule has 0 aliphatic heterocycles. The fourth-order valence-corrected chi connectivity index (χ4v) is 3.28. The van der Waals surface area contributed by atoms with E-state index in [1.807, 2.05) is 13.8 Å². The van der Waals surface area contributed by atoms with Crippen LogP contribution in [-0.2, 0) is 27.6 Å². The fraction of sp³-hybridized carbons (Fsp3) is 0.615. The minimum absolute atomic E-state index is 0.0942. The molecule has 9 heteroatoms. The minimum atomic E-state index is -3.64. The van der Waals surface area contributed by atoms with Crippen LogP contribution in [0.25, 0.3) is 0 Å². The van der Waals surface area contributed by atoms with E-state index >= 15 is 0 Å². The molecule has 124 valence electrons. The summed E-state index contributed by atoms with van der Waals surface area (Å²) in [6, 6.07) is 0. The summed E-state index contributed by atoms with van der Waals surface area (Å²) in [6.07, 6.45) is 1.76. The number of hydrogen-bond donors (Lipinski definition) is 1. The van der Waals surface area contributed by atoms with Gasteiger partial charge < -0.3 is 10.3 Å². The van der Waals surface area contributed by atoms with Crippen LogP contribution >= 0.6 is 11.6 Å². The van der Waals surface area contributed by atoms with Crippen molar-refractivity contribution in [2.75, 3.05) is 5.75 Å². The van der Waals surface area contributed by atoms with Crippen molar-refractivity contribution in [3.8, 4) is 0 Å². The molecule has 1 amide bonds. The monoisotopic (exact) mass is 348 g/mol. The third-order valence-electron chi connectivity index (χ3n) is 2.80. The third-order valence-corrected chi connectivity index (χ3v) is 4.42. The number of nitrogens with zero attached hydrogens (tertiary/aromatic N) is 3. The molecular weight excluding hydrogens is 328 g/mol. The van der Waals surface area contributed by atoms with Crippen molar-refractivity contribution in [2.24, 2.45) is 11.7 Å². The maximum absolute atomic E-state index is 12.4. The first-order valence-electron chi connectivity index (χ1n) is 6.89.